The van der Waals surface area contributed by atoms with E-state index in [9.17, 15) is 4.79 Å². The van der Waals surface area contributed by atoms with Gasteiger partial charge in [0.25, 0.3) is 0 Å². The van der Waals surface area contributed by atoms with Gasteiger partial charge in [-0.05, 0) is 20.8 Å². The predicted octanol–water partition coefficient (Wildman–Crippen LogP) is 0.569. The number of carboxylic acid groups (broad SMARTS) is 1. The van der Waals surface area contributed by atoms with E-state index in [1.165, 1.54) is 0 Å². The number of aliphatic carboxylic acids is 1. The van der Waals surface area contributed by atoms with Crippen LogP contribution in [0.3, 0.4) is 0 Å². The molecule has 0 aliphatic carbocycles. The minimum Gasteiger partial charge on any atom is -0.479 e. The molecular weight excluding hydrogens is 170 g/mol. The van der Waals surface area contributed by atoms with Crippen LogP contribution in [0.25, 0.3) is 0 Å². The van der Waals surface area contributed by atoms with Crippen molar-refractivity contribution in [1.29, 1.82) is 0 Å². The molecule has 0 saturated carbocycles. The quantitative estimate of drug-likeness (QED) is 0.686. The van der Waals surface area contributed by atoms with Crippen molar-refractivity contribution >= 4 is 5.97 Å². The second-order valence-corrected chi connectivity index (χ2v) is 3.70. The molecule has 1 aliphatic rings. The maximum Gasteiger partial charge on any atom is 0.334 e. The van der Waals surface area contributed by atoms with Crippen LogP contribution in [-0.4, -0.2) is 47.3 Å². The summed E-state index contributed by atoms with van der Waals surface area (Å²) in [6.07, 6.45) is -0.670. The Labute approximate surface area is 78.5 Å². The lowest BCUT2D eigenvalue weighted by molar-refractivity contribution is -0.162. The number of hydrogen-bond donors (Lipinski definition) is 1. The number of ether oxygens (including phenoxy) is 1. The van der Waals surface area contributed by atoms with Gasteiger partial charge in [0.1, 0.15) is 0 Å². The van der Waals surface area contributed by atoms with Crippen LogP contribution in [-0.2, 0) is 9.53 Å². The van der Waals surface area contributed by atoms with Crippen molar-refractivity contribution in [3.63, 3.8) is 0 Å². The van der Waals surface area contributed by atoms with E-state index in [-0.39, 0.29) is 6.04 Å². The Morgan fingerprint density at radius 1 is 1.62 bits per heavy atom. The molecule has 0 radical (unpaired) electrons. The Bertz CT molecular complexity index is 193. The molecule has 0 spiro atoms. The number of morpholine rings is 1. The first-order valence-corrected chi connectivity index (χ1v) is 4.64. The summed E-state index contributed by atoms with van der Waals surface area (Å²) in [4.78, 5) is 12.9. The van der Waals surface area contributed by atoms with E-state index in [0.29, 0.717) is 12.6 Å². The molecule has 1 aliphatic heterocycles. The van der Waals surface area contributed by atoms with Gasteiger partial charge in [-0.2, -0.15) is 0 Å². The van der Waals surface area contributed by atoms with Gasteiger partial charge in [0, 0.05) is 18.6 Å². The zero-order valence-corrected chi connectivity index (χ0v) is 8.36. The molecule has 4 heteroatoms. The van der Waals surface area contributed by atoms with Crippen LogP contribution in [0.4, 0.5) is 0 Å². The second kappa shape index (κ2) is 4.07. The normalized spacial score (nSPS) is 30.8. The monoisotopic (exact) mass is 187 g/mol. The van der Waals surface area contributed by atoms with Crippen LogP contribution < -0.4 is 0 Å². The predicted molar refractivity (Wildman–Crippen MR) is 48.7 cm³/mol. The highest BCUT2D eigenvalue weighted by Crippen LogP contribution is 2.16. The van der Waals surface area contributed by atoms with Crippen LogP contribution in [0.1, 0.15) is 20.8 Å². The molecule has 13 heavy (non-hydrogen) atoms. The van der Waals surface area contributed by atoms with E-state index in [4.69, 9.17) is 9.84 Å². The Hall–Kier alpha value is -0.610. The van der Waals surface area contributed by atoms with E-state index in [0.717, 1.165) is 6.54 Å². The molecule has 76 valence electrons. The molecule has 0 aromatic heterocycles. The van der Waals surface area contributed by atoms with Gasteiger partial charge < -0.3 is 9.84 Å². The van der Waals surface area contributed by atoms with Gasteiger partial charge in [-0.25, -0.2) is 4.79 Å². The average Bonchev–Trinajstić information content (AvgIpc) is 2.03. The maximum atomic E-state index is 10.8. The third kappa shape index (κ3) is 2.19. The van der Waals surface area contributed by atoms with Crippen molar-refractivity contribution < 1.29 is 14.6 Å². The van der Waals surface area contributed by atoms with Crippen LogP contribution >= 0.6 is 0 Å². The van der Waals surface area contributed by atoms with E-state index in [2.05, 4.69) is 18.7 Å². The smallest absolute Gasteiger partial charge is 0.334 e. The van der Waals surface area contributed by atoms with E-state index < -0.39 is 12.1 Å². The molecule has 0 amide bonds. The van der Waals surface area contributed by atoms with Gasteiger partial charge in [-0.15, -0.1) is 0 Å². The summed E-state index contributed by atoms with van der Waals surface area (Å²) in [7, 11) is 0. The Morgan fingerprint density at radius 2 is 2.23 bits per heavy atom. The molecule has 0 bridgehead atoms. The number of rotatable bonds is 2. The van der Waals surface area contributed by atoms with E-state index in [1.54, 1.807) is 0 Å². The van der Waals surface area contributed by atoms with Gasteiger partial charge in [0.2, 0.25) is 0 Å². The fourth-order valence-electron chi connectivity index (χ4n) is 1.81. The van der Waals surface area contributed by atoms with Gasteiger partial charge in [-0.1, -0.05) is 0 Å². The van der Waals surface area contributed by atoms with Crippen molar-refractivity contribution in [3.8, 4) is 0 Å². The maximum absolute atomic E-state index is 10.8. The van der Waals surface area contributed by atoms with E-state index >= 15 is 0 Å². The fraction of sp³-hybridized carbons (Fsp3) is 0.889. The molecule has 1 saturated heterocycles. The molecule has 1 fully saturated rings. The summed E-state index contributed by atoms with van der Waals surface area (Å²) in [6.45, 7) is 7.38. The number of carbonyl (C=O) groups is 1. The summed E-state index contributed by atoms with van der Waals surface area (Å²) >= 11 is 0. The first kappa shape index (κ1) is 10.5. The lowest BCUT2D eigenvalue weighted by atomic mass is 10.1. The van der Waals surface area contributed by atoms with Gasteiger partial charge in [-0.3, -0.25) is 4.90 Å². The molecule has 2 atom stereocenters. The van der Waals surface area contributed by atoms with Crippen LogP contribution in [0.2, 0.25) is 0 Å². The Kier molecular flexibility index (Phi) is 3.27. The molecular formula is C9H17NO3. The van der Waals surface area contributed by atoms with Crippen molar-refractivity contribution in [1.82, 2.24) is 4.90 Å². The van der Waals surface area contributed by atoms with Crippen molar-refractivity contribution in [2.24, 2.45) is 0 Å². The molecule has 0 aromatic rings. The summed E-state index contributed by atoms with van der Waals surface area (Å²) in [5, 5.41) is 8.86. The lowest BCUT2D eigenvalue weighted by Crippen LogP contribution is -2.55. The third-order valence-electron chi connectivity index (χ3n) is 2.51. The highest BCUT2D eigenvalue weighted by atomic mass is 16.5. The van der Waals surface area contributed by atoms with Crippen LogP contribution in [0.5, 0.6) is 0 Å². The zero-order valence-electron chi connectivity index (χ0n) is 8.36. The fourth-order valence-corrected chi connectivity index (χ4v) is 1.81. The number of hydrogen-bond acceptors (Lipinski definition) is 3. The minimum atomic E-state index is -0.863. The molecule has 0 aromatic carbocycles. The van der Waals surface area contributed by atoms with Crippen molar-refractivity contribution in [2.45, 2.75) is 39.0 Å². The molecule has 1 N–H and O–H groups in total. The summed E-state index contributed by atoms with van der Waals surface area (Å²) in [6, 6.07) is 0.340. The highest BCUT2D eigenvalue weighted by Gasteiger charge is 2.34. The Balaban J connectivity index is 2.65. The molecule has 4 nitrogen and oxygen atoms in total. The number of carboxylic acids is 1. The summed E-state index contributed by atoms with van der Waals surface area (Å²) in [5.41, 5.74) is 0. The summed E-state index contributed by atoms with van der Waals surface area (Å²) in [5.74, 6) is -0.863. The van der Waals surface area contributed by atoms with Crippen LogP contribution in [0, 0.1) is 0 Å². The first-order valence-electron chi connectivity index (χ1n) is 4.64. The third-order valence-corrected chi connectivity index (χ3v) is 2.51. The van der Waals surface area contributed by atoms with Crippen molar-refractivity contribution in [2.75, 3.05) is 13.2 Å². The second-order valence-electron chi connectivity index (χ2n) is 3.70. The van der Waals surface area contributed by atoms with Gasteiger partial charge in [0.15, 0.2) is 6.10 Å². The average molecular weight is 187 g/mol. The molecule has 1 rings (SSSR count). The number of nitrogens with zero attached hydrogens (tertiary/aromatic N) is 1. The minimum absolute atomic E-state index is 0.0359. The van der Waals surface area contributed by atoms with Gasteiger partial charge >= 0.3 is 5.97 Å². The first-order chi connectivity index (χ1) is 6.04. The topological polar surface area (TPSA) is 49.8 Å². The molecule has 1 heterocycles. The largest absolute Gasteiger partial charge is 0.479 e. The zero-order chi connectivity index (χ0) is 10.0. The van der Waals surface area contributed by atoms with Gasteiger partial charge in [0.05, 0.1) is 6.61 Å². The molecule has 2 unspecified atom stereocenters. The van der Waals surface area contributed by atoms with E-state index in [1.807, 2.05) is 6.92 Å². The highest BCUT2D eigenvalue weighted by molar-refractivity contribution is 5.73. The SMILES string of the molecule is CC(C)N1CCOC(C(=O)O)C1C. The van der Waals surface area contributed by atoms with Crippen LogP contribution in [0.15, 0.2) is 0 Å². The standard InChI is InChI=1S/C9H17NO3/c1-6(2)10-4-5-13-8(7(10)3)9(11)12/h6-8H,4-5H2,1-3H3,(H,11,12). The lowest BCUT2D eigenvalue weighted by Gasteiger charge is -2.39. The Morgan fingerprint density at radius 3 is 2.69 bits per heavy atom. The van der Waals surface area contributed by atoms with Crippen molar-refractivity contribution in [3.05, 3.63) is 0 Å². The summed E-state index contributed by atoms with van der Waals surface area (Å²) < 4.78 is 5.19.